The fourth-order valence-electron chi connectivity index (χ4n) is 2.83. The number of nitrogens with one attached hydrogen (secondary N) is 1. The summed E-state index contributed by atoms with van der Waals surface area (Å²) in [5, 5.41) is 3.40. The highest BCUT2D eigenvalue weighted by atomic mass is 19.4. The SMILES string of the molecule is CCCC1(c2cccc(C(F)(F)F)c2)CCCN1. The molecule has 0 radical (unpaired) electrons. The Hall–Kier alpha value is -1.03. The number of benzene rings is 1. The second kappa shape index (κ2) is 4.92. The first-order chi connectivity index (χ1) is 8.48. The lowest BCUT2D eigenvalue weighted by Crippen LogP contribution is -2.36. The zero-order valence-electron chi connectivity index (χ0n) is 10.5. The van der Waals surface area contributed by atoms with Gasteiger partial charge in [0.2, 0.25) is 0 Å². The summed E-state index contributed by atoms with van der Waals surface area (Å²) in [7, 11) is 0. The molecule has 18 heavy (non-hydrogen) atoms. The van der Waals surface area contributed by atoms with Gasteiger partial charge in [-0.1, -0.05) is 25.5 Å². The van der Waals surface area contributed by atoms with Gasteiger partial charge in [-0.15, -0.1) is 0 Å². The molecule has 1 aliphatic rings. The smallest absolute Gasteiger partial charge is 0.307 e. The van der Waals surface area contributed by atoms with Gasteiger partial charge >= 0.3 is 6.18 Å². The normalized spacial score (nSPS) is 24.4. The summed E-state index contributed by atoms with van der Waals surface area (Å²) >= 11 is 0. The third kappa shape index (κ3) is 2.53. The van der Waals surface area contributed by atoms with Crippen molar-refractivity contribution >= 4 is 0 Å². The number of hydrogen-bond donors (Lipinski definition) is 1. The molecule has 1 aromatic rings. The van der Waals surface area contributed by atoms with E-state index < -0.39 is 11.7 Å². The van der Waals surface area contributed by atoms with Crippen LogP contribution in [0.4, 0.5) is 13.2 Å². The molecular weight excluding hydrogens is 239 g/mol. The van der Waals surface area contributed by atoms with Gasteiger partial charge in [0, 0.05) is 5.54 Å². The summed E-state index contributed by atoms with van der Waals surface area (Å²) in [6.07, 6.45) is -0.474. The maximum atomic E-state index is 12.7. The molecule has 0 saturated carbocycles. The third-order valence-corrected chi connectivity index (χ3v) is 3.66. The summed E-state index contributed by atoms with van der Waals surface area (Å²) in [5.74, 6) is 0. The van der Waals surface area contributed by atoms with E-state index >= 15 is 0 Å². The Balaban J connectivity index is 2.37. The Morgan fingerprint density at radius 2 is 2.11 bits per heavy atom. The van der Waals surface area contributed by atoms with Crippen molar-refractivity contribution in [2.75, 3.05) is 6.54 Å². The first-order valence-corrected chi connectivity index (χ1v) is 6.41. The van der Waals surface area contributed by atoms with Crippen molar-refractivity contribution in [3.05, 3.63) is 35.4 Å². The van der Waals surface area contributed by atoms with Crippen molar-refractivity contribution in [1.29, 1.82) is 0 Å². The van der Waals surface area contributed by atoms with E-state index in [1.54, 1.807) is 0 Å². The Morgan fingerprint density at radius 1 is 1.33 bits per heavy atom. The van der Waals surface area contributed by atoms with Gasteiger partial charge < -0.3 is 5.32 Å². The van der Waals surface area contributed by atoms with E-state index in [4.69, 9.17) is 0 Å². The van der Waals surface area contributed by atoms with Crippen molar-refractivity contribution in [3.63, 3.8) is 0 Å². The van der Waals surface area contributed by atoms with E-state index in [0.29, 0.717) is 0 Å². The van der Waals surface area contributed by atoms with Crippen molar-refractivity contribution in [2.24, 2.45) is 0 Å². The Labute approximate surface area is 105 Å². The molecule has 1 aliphatic heterocycles. The van der Waals surface area contributed by atoms with Crippen LogP contribution in [0.3, 0.4) is 0 Å². The van der Waals surface area contributed by atoms with Crippen LogP contribution >= 0.6 is 0 Å². The van der Waals surface area contributed by atoms with E-state index in [-0.39, 0.29) is 5.54 Å². The van der Waals surface area contributed by atoms with E-state index in [1.165, 1.54) is 12.1 Å². The molecule has 0 aliphatic carbocycles. The lowest BCUT2D eigenvalue weighted by atomic mass is 9.83. The Kier molecular flexibility index (Phi) is 3.66. The topological polar surface area (TPSA) is 12.0 Å². The minimum Gasteiger partial charge on any atom is -0.307 e. The van der Waals surface area contributed by atoms with Crippen molar-refractivity contribution in [1.82, 2.24) is 5.32 Å². The molecule has 1 saturated heterocycles. The average molecular weight is 257 g/mol. The highest BCUT2D eigenvalue weighted by molar-refractivity contribution is 5.32. The quantitative estimate of drug-likeness (QED) is 0.860. The molecule has 0 amide bonds. The largest absolute Gasteiger partial charge is 0.416 e. The third-order valence-electron chi connectivity index (χ3n) is 3.66. The molecule has 0 spiro atoms. The van der Waals surface area contributed by atoms with Crippen LogP contribution in [0.5, 0.6) is 0 Å². The van der Waals surface area contributed by atoms with Gasteiger partial charge in [0.1, 0.15) is 0 Å². The maximum Gasteiger partial charge on any atom is 0.416 e. The molecule has 1 atom stereocenters. The first kappa shape index (κ1) is 13.4. The molecule has 1 N–H and O–H groups in total. The fourth-order valence-corrected chi connectivity index (χ4v) is 2.83. The number of halogens is 3. The summed E-state index contributed by atoms with van der Waals surface area (Å²) in [4.78, 5) is 0. The molecular formula is C14H18F3N. The van der Waals surface area contributed by atoms with Crippen LogP contribution in [0.1, 0.15) is 43.7 Å². The molecule has 4 heteroatoms. The van der Waals surface area contributed by atoms with E-state index in [1.807, 2.05) is 6.07 Å². The van der Waals surface area contributed by atoms with Crippen LogP contribution in [-0.4, -0.2) is 6.54 Å². The average Bonchev–Trinajstić information content (AvgIpc) is 2.79. The van der Waals surface area contributed by atoms with Crippen LogP contribution in [0, 0.1) is 0 Å². The van der Waals surface area contributed by atoms with Crippen LogP contribution in [0.2, 0.25) is 0 Å². The number of rotatable bonds is 3. The maximum absolute atomic E-state index is 12.7. The van der Waals surface area contributed by atoms with Gasteiger partial charge in [0.05, 0.1) is 5.56 Å². The van der Waals surface area contributed by atoms with E-state index in [2.05, 4.69) is 12.2 Å². The minimum absolute atomic E-state index is 0.254. The van der Waals surface area contributed by atoms with Gasteiger partial charge in [-0.3, -0.25) is 0 Å². The fraction of sp³-hybridized carbons (Fsp3) is 0.571. The van der Waals surface area contributed by atoms with Gasteiger partial charge in [-0.2, -0.15) is 13.2 Å². The first-order valence-electron chi connectivity index (χ1n) is 6.41. The molecule has 100 valence electrons. The van der Waals surface area contributed by atoms with Crippen LogP contribution < -0.4 is 5.32 Å². The van der Waals surface area contributed by atoms with E-state index in [0.717, 1.165) is 43.9 Å². The predicted octanol–water partition coefficient (Wildman–Crippen LogP) is 4.08. The zero-order valence-corrected chi connectivity index (χ0v) is 10.5. The lowest BCUT2D eigenvalue weighted by molar-refractivity contribution is -0.137. The highest BCUT2D eigenvalue weighted by Crippen LogP contribution is 2.38. The molecule has 1 nitrogen and oxygen atoms in total. The number of alkyl halides is 3. The second-order valence-electron chi connectivity index (χ2n) is 4.94. The molecule has 1 heterocycles. The molecule has 0 aromatic heterocycles. The van der Waals surface area contributed by atoms with Gasteiger partial charge in [-0.25, -0.2) is 0 Å². The standard InChI is InChI=1S/C14H18F3N/c1-2-7-13(8-4-9-18-13)11-5-3-6-12(10-11)14(15,16)17/h3,5-6,10,18H,2,4,7-9H2,1H3. The summed E-state index contributed by atoms with van der Waals surface area (Å²) in [5.41, 5.74) is -0.0309. The second-order valence-corrected chi connectivity index (χ2v) is 4.94. The van der Waals surface area contributed by atoms with Crippen molar-refractivity contribution in [3.8, 4) is 0 Å². The van der Waals surface area contributed by atoms with Crippen LogP contribution in [-0.2, 0) is 11.7 Å². The monoisotopic (exact) mass is 257 g/mol. The van der Waals surface area contributed by atoms with Gasteiger partial charge in [0.15, 0.2) is 0 Å². The van der Waals surface area contributed by atoms with Crippen LogP contribution in [0.25, 0.3) is 0 Å². The molecule has 0 bridgehead atoms. The lowest BCUT2D eigenvalue weighted by Gasteiger charge is -2.30. The Bertz CT molecular complexity index is 406. The summed E-state index contributed by atoms with van der Waals surface area (Å²) in [6.45, 7) is 2.95. The van der Waals surface area contributed by atoms with E-state index in [9.17, 15) is 13.2 Å². The zero-order chi connectivity index (χ0) is 13.2. The van der Waals surface area contributed by atoms with Gasteiger partial charge in [0.25, 0.3) is 0 Å². The van der Waals surface area contributed by atoms with Crippen molar-refractivity contribution < 1.29 is 13.2 Å². The predicted molar refractivity (Wildman–Crippen MR) is 65.3 cm³/mol. The molecule has 1 fully saturated rings. The summed E-state index contributed by atoms with van der Waals surface area (Å²) < 4.78 is 38.2. The number of hydrogen-bond acceptors (Lipinski definition) is 1. The molecule has 1 aromatic carbocycles. The van der Waals surface area contributed by atoms with Crippen molar-refractivity contribution in [2.45, 2.75) is 44.3 Å². The minimum atomic E-state index is -4.26. The Morgan fingerprint density at radius 3 is 2.67 bits per heavy atom. The summed E-state index contributed by atoms with van der Waals surface area (Å²) in [6, 6.07) is 5.75. The molecule has 1 unspecified atom stereocenters. The molecule has 2 rings (SSSR count). The van der Waals surface area contributed by atoms with Crippen LogP contribution in [0.15, 0.2) is 24.3 Å². The highest BCUT2D eigenvalue weighted by Gasteiger charge is 2.37. The van der Waals surface area contributed by atoms with Gasteiger partial charge in [-0.05, 0) is 43.5 Å².